The molecule has 0 radical (unpaired) electrons. The maximum Gasteiger partial charge on any atom is 0.266 e. The summed E-state index contributed by atoms with van der Waals surface area (Å²) in [6, 6.07) is 9.64. The average Bonchev–Trinajstić information content (AvgIpc) is 2.66. The van der Waals surface area contributed by atoms with E-state index in [1.54, 1.807) is 31.2 Å². The Labute approximate surface area is 166 Å². The normalized spacial score (nSPS) is 11.1. The maximum absolute atomic E-state index is 12.5. The number of methoxy groups -OCH3 is 1. The topological polar surface area (TPSA) is 93.7 Å². The molecule has 0 aliphatic heterocycles. The SMILES string of the molecule is CCCCOc1ccc(C(=O)NNS(=O)(=O)c2ccc(C)cc2C)cc1OC. The number of sulfonamides is 1. The lowest BCUT2D eigenvalue weighted by Crippen LogP contribution is -2.41. The fourth-order valence-electron chi connectivity index (χ4n) is 2.60. The van der Waals surface area contributed by atoms with Gasteiger partial charge in [0.15, 0.2) is 11.5 Å². The van der Waals surface area contributed by atoms with Crippen LogP contribution < -0.4 is 19.7 Å². The summed E-state index contributed by atoms with van der Waals surface area (Å²) in [5, 5.41) is 0. The van der Waals surface area contributed by atoms with Gasteiger partial charge in [0.2, 0.25) is 0 Å². The van der Waals surface area contributed by atoms with E-state index in [0.29, 0.717) is 23.7 Å². The molecule has 0 spiro atoms. The number of nitrogens with one attached hydrogen (secondary N) is 2. The second-order valence-corrected chi connectivity index (χ2v) is 8.05. The summed E-state index contributed by atoms with van der Waals surface area (Å²) < 4.78 is 35.8. The Morgan fingerprint density at radius 2 is 1.82 bits per heavy atom. The molecule has 2 aromatic carbocycles. The summed E-state index contributed by atoms with van der Waals surface area (Å²) in [5.74, 6) is 0.330. The number of benzene rings is 2. The Morgan fingerprint density at radius 1 is 1.07 bits per heavy atom. The zero-order valence-corrected chi connectivity index (χ0v) is 17.4. The van der Waals surface area contributed by atoms with Crippen LogP contribution in [0.3, 0.4) is 0 Å². The summed E-state index contributed by atoms with van der Waals surface area (Å²) in [6.07, 6.45) is 1.91. The standard InChI is InChI=1S/C20H26N2O5S/c1-5-6-11-27-17-9-8-16(13-18(17)26-4)20(23)21-22-28(24,25)19-10-7-14(2)12-15(19)3/h7-10,12-13,22H,5-6,11H2,1-4H3,(H,21,23). The van der Waals surface area contributed by atoms with Crippen molar-refractivity contribution in [2.75, 3.05) is 13.7 Å². The Hall–Kier alpha value is -2.58. The van der Waals surface area contributed by atoms with Crippen molar-refractivity contribution in [1.82, 2.24) is 10.3 Å². The zero-order valence-electron chi connectivity index (χ0n) is 16.5. The van der Waals surface area contributed by atoms with Crippen LogP contribution in [-0.4, -0.2) is 28.0 Å². The Morgan fingerprint density at radius 3 is 2.46 bits per heavy atom. The van der Waals surface area contributed by atoms with E-state index in [1.165, 1.54) is 19.2 Å². The smallest absolute Gasteiger partial charge is 0.266 e. The van der Waals surface area contributed by atoms with E-state index in [9.17, 15) is 13.2 Å². The Bertz CT molecular complexity index is 942. The second kappa shape index (κ2) is 9.57. The zero-order chi connectivity index (χ0) is 20.7. The number of amides is 1. The molecular weight excluding hydrogens is 380 g/mol. The van der Waals surface area contributed by atoms with Crippen LogP contribution >= 0.6 is 0 Å². The van der Waals surface area contributed by atoms with Crippen molar-refractivity contribution in [2.24, 2.45) is 0 Å². The molecule has 0 aliphatic carbocycles. The summed E-state index contributed by atoms with van der Waals surface area (Å²) in [6.45, 7) is 6.19. The molecule has 0 aromatic heterocycles. The van der Waals surface area contributed by atoms with Gasteiger partial charge in [-0.05, 0) is 50.1 Å². The summed E-state index contributed by atoms with van der Waals surface area (Å²) in [4.78, 5) is 14.6. The van der Waals surface area contributed by atoms with E-state index in [1.807, 2.05) is 6.92 Å². The van der Waals surface area contributed by atoms with Crippen LogP contribution in [0.25, 0.3) is 0 Å². The molecule has 0 saturated carbocycles. The second-order valence-electron chi connectivity index (χ2n) is 6.40. The van der Waals surface area contributed by atoms with E-state index < -0.39 is 15.9 Å². The largest absolute Gasteiger partial charge is 0.493 e. The molecule has 0 unspecified atom stereocenters. The number of rotatable bonds is 9. The van der Waals surface area contributed by atoms with Crippen LogP contribution in [0.1, 0.15) is 41.3 Å². The van der Waals surface area contributed by atoms with Gasteiger partial charge in [-0.2, -0.15) is 0 Å². The van der Waals surface area contributed by atoms with Crippen molar-refractivity contribution < 1.29 is 22.7 Å². The van der Waals surface area contributed by atoms with Crippen molar-refractivity contribution in [3.8, 4) is 11.5 Å². The molecule has 0 saturated heterocycles. The number of hydrazine groups is 1. The molecule has 0 aliphatic rings. The highest BCUT2D eigenvalue weighted by Crippen LogP contribution is 2.28. The lowest BCUT2D eigenvalue weighted by Gasteiger charge is -2.13. The summed E-state index contributed by atoms with van der Waals surface area (Å²) >= 11 is 0. The van der Waals surface area contributed by atoms with Gasteiger partial charge in [-0.25, -0.2) is 8.42 Å². The van der Waals surface area contributed by atoms with Crippen molar-refractivity contribution in [3.63, 3.8) is 0 Å². The number of hydrogen-bond donors (Lipinski definition) is 2. The minimum atomic E-state index is -3.89. The molecule has 0 fully saturated rings. The first kappa shape index (κ1) is 21.7. The number of unbranched alkanes of at least 4 members (excludes halogenated alkanes) is 1. The molecular formula is C20H26N2O5S. The van der Waals surface area contributed by atoms with Crippen molar-refractivity contribution in [2.45, 2.75) is 38.5 Å². The van der Waals surface area contributed by atoms with Crippen LogP contribution in [0.15, 0.2) is 41.3 Å². The van der Waals surface area contributed by atoms with Gasteiger partial charge in [0, 0.05) is 5.56 Å². The highest BCUT2D eigenvalue weighted by atomic mass is 32.2. The monoisotopic (exact) mass is 406 g/mol. The Balaban J connectivity index is 2.09. The third kappa shape index (κ3) is 5.46. The van der Waals surface area contributed by atoms with E-state index in [4.69, 9.17) is 9.47 Å². The van der Waals surface area contributed by atoms with E-state index in [-0.39, 0.29) is 10.5 Å². The molecule has 0 atom stereocenters. The average molecular weight is 407 g/mol. The molecule has 2 rings (SSSR count). The number of ether oxygens (including phenoxy) is 2. The highest BCUT2D eigenvalue weighted by Gasteiger charge is 2.19. The first-order chi connectivity index (χ1) is 13.3. The molecule has 7 nitrogen and oxygen atoms in total. The quantitative estimate of drug-likeness (QED) is 0.493. The molecule has 152 valence electrons. The predicted molar refractivity (Wildman–Crippen MR) is 107 cm³/mol. The van der Waals surface area contributed by atoms with Gasteiger partial charge in [-0.15, -0.1) is 4.83 Å². The van der Waals surface area contributed by atoms with Gasteiger partial charge in [-0.3, -0.25) is 10.2 Å². The summed E-state index contributed by atoms with van der Waals surface area (Å²) in [7, 11) is -2.41. The number of carbonyl (C=O) groups excluding carboxylic acids is 1. The third-order valence-corrected chi connectivity index (χ3v) is 5.51. The minimum Gasteiger partial charge on any atom is -0.493 e. The predicted octanol–water partition coefficient (Wildman–Crippen LogP) is 3.11. The number of carbonyl (C=O) groups is 1. The lowest BCUT2D eigenvalue weighted by atomic mass is 10.2. The van der Waals surface area contributed by atoms with Crippen molar-refractivity contribution >= 4 is 15.9 Å². The van der Waals surface area contributed by atoms with E-state index in [2.05, 4.69) is 17.2 Å². The molecule has 2 N–H and O–H groups in total. The van der Waals surface area contributed by atoms with Gasteiger partial charge in [-0.1, -0.05) is 31.0 Å². The fraction of sp³-hybridized carbons (Fsp3) is 0.350. The van der Waals surface area contributed by atoms with Crippen LogP contribution in [0, 0.1) is 13.8 Å². The number of hydrogen-bond acceptors (Lipinski definition) is 5. The van der Waals surface area contributed by atoms with Gasteiger partial charge >= 0.3 is 0 Å². The molecule has 0 heterocycles. The van der Waals surface area contributed by atoms with E-state index >= 15 is 0 Å². The minimum absolute atomic E-state index is 0.107. The molecule has 2 aromatic rings. The maximum atomic E-state index is 12.5. The molecule has 28 heavy (non-hydrogen) atoms. The fourth-order valence-corrected chi connectivity index (χ4v) is 3.66. The van der Waals surface area contributed by atoms with E-state index in [0.717, 1.165) is 18.4 Å². The van der Waals surface area contributed by atoms with Crippen LogP contribution in [-0.2, 0) is 10.0 Å². The molecule has 1 amide bonds. The van der Waals surface area contributed by atoms with Gasteiger partial charge in [0.25, 0.3) is 15.9 Å². The van der Waals surface area contributed by atoms with Gasteiger partial charge < -0.3 is 9.47 Å². The molecule has 8 heteroatoms. The first-order valence-electron chi connectivity index (χ1n) is 8.98. The highest BCUT2D eigenvalue weighted by molar-refractivity contribution is 7.89. The molecule has 0 bridgehead atoms. The van der Waals surface area contributed by atoms with Crippen molar-refractivity contribution in [3.05, 3.63) is 53.1 Å². The summed E-state index contributed by atoms with van der Waals surface area (Å²) in [5.41, 5.74) is 4.02. The van der Waals surface area contributed by atoms with Crippen LogP contribution in [0.2, 0.25) is 0 Å². The van der Waals surface area contributed by atoms with Crippen molar-refractivity contribution in [1.29, 1.82) is 0 Å². The van der Waals surface area contributed by atoms with Gasteiger partial charge in [0.1, 0.15) is 0 Å². The van der Waals surface area contributed by atoms with Gasteiger partial charge in [0.05, 0.1) is 18.6 Å². The third-order valence-electron chi connectivity index (χ3n) is 4.10. The Kier molecular flexibility index (Phi) is 7.42. The number of aryl methyl sites for hydroxylation is 2. The van der Waals surface area contributed by atoms with Crippen LogP contribution in [0.4, 0.5) is 0 Å². The lowest BCUT2D eigenvalue weighted by molar-refractivity contribution is 0.0944. The first-order valence-corrected chi connectivity index (χ1v) is 10.5. The van der Waals surface area contributed by atoms with Crippen LogP contribution in [0.5, 0.6) is 11.5 Å².